The maximum absolute atomic E-state index is 13.4. The lowest BCUT2D eigenvalue weighted by atomic mass is 10.0. The average molecular weight is 501 g/mol. The van der Waals surface area contributed by atoms with Crippen LogP contribution in [0.25, 0.3) is 0 Å². The van der Waals surface area contributed by atoms with Crippen LogP contribution in [0.3, 0.4) is 0 Å². The molecule has 34 heavy (non-hydrogen) atoms. The summed E-state index contributed by atoms with van der Waals surface area (Å²) in [7, 11) is -2.11. The van der Waals surface area contributed by atoms with Crippen LogP contribution in [0.15, 0.2) is 41.0 Å². The van der Waals surface area contributed by atoms with Crippen molar-refractivity contribution < 1.29 is 13.2 Å². The van der Waals surface area contributed by atoms with Gasteiger partial charge in [0.1, 0.15) is 11.7 Å². The van der Waals surface area contributed by atoms with Crippen molar-refractivity contribution in [1.82, 2.24) is 19.9 Å². The van der Waals surface area contributed by atoms with Gasteiger partial charge in [-0.1, -0.05) is 30.2 Å². The molecule has 1 saturated carbocycles. The number of anilines is 4. The van der Waals surface area contributed by atoms with Crippen molar-refractivity contribution in [1.29, 1.82) is 0 Å². The second-order valence-corrected chi connectivity index (χ2v) is 11.2. The Morgan fingerprint density at radius 3 is 2.65 bits per heavy atom. The summed E-state index contributed by atoms with van der Waals surface area (Å²) in [6.45, 7) is 0. The van der Waals surface area contributed by atoms with Gasteiger partial charge in [0.15, 0.2) is 15.2 Å². The molecule has 0 aromatic carbocycles. The Morgan fingerprint density at radius 1 is 1.18 bits per heavy atom. The lowest BCUT2D eigenvalue weighted by Gasteiger charge is -2.43. The number of fused-ring (bicyclic) bond motifs is 1. The number of pyridine rings is 1. The Hall–Kier alpha value is -3.16. The first-order valence-corrected chi connectivity index (χ1v) is 13.3. The Morgan fingerprint density at radius 2 is 1.97 bits per heavy atom. The highest BCUT2D eigenvalue weighted by Gasteiger charge is 2.42. The van der Waals surface area contributed by atoms with E-state index in [0.717, 1.165) is 42.7 Å². The Labute approximate surface area is 201 Å². The van der Waals surface area contributed by atoms with Crippen molar-refractivity contribution in [2.45, 2.75) is 48.4 Å². The molecule has 1 aliphatic heterocycles. The van der Waals surface area contributed by atoms with Crippen molar-refractivity contribution in [3.8, 4) is 0 Å². The topological polar surface area (TPSA) is 147 Å². The van der Waals surface area contributed by atoms with Crippen LogP contribution in [0.2, 0.25) is 0 Å². The van der Waals surface area contributed by atoms with Crippen molar-refractivity contribution >= 4 is 49.9 Å². The quantitative estimate of drug-likeness (QED) is 0.519. The second-order valence-electron chi connectivity index (χ2n) is 8.34. The molecule has 3 aromatic rings. The van der Waals surface area contributed by atoms with Crippen LogP contribution < -0.4 is 20.3 Å². The van der Waals surface area contributed by atoms with E-state index in [9.17, 15) is 13.2 Å². The Bertz CT molecular complexity index is 1310. The number of rotatable bonds is 6. The zero-order chi connectivity index (χ0) is 23.9. The largest absolute Gasteiger partial charge is 0.339 e. The fourth-order valence-electron chi connectivity index (χ4n) is 4.52. The van der Waals surface area contributed by atoms with Gasteiger partial charge in [-0.15, -0.1) is 0 Å². The first kappa shape index (κ1) is 22.6. The van der Waals surface area contributed by atoms with Crippen LogP contribution >= 0.6 is 11.3 Å². The van der Waals surface area contributed by atoms with E-state index < -0.39 is 16.1 Å². The number of carbonyl (C=O) groups excluding carboxylic acids is 1. The highest BCUT2D eigenvalue weighted by atomic mass is 32.2. The molecule has 3 aromatic heterocycles. The number of aromatic nitrogens is 4. The fourth-order valence-corrected chi connectivity index (χ4v) is 5.96. The molecule has 0 bridgehead atoms. The van der Waals surface area contributed by atoms with Crippen LogP contribution in [0.4, 0.5) is 22.6 Å². The van der Waals surface area contributed by atoms with E-state index in [1.807, 2.05) is 18.2 Å². The van der Waals surface area contributed by atoms with Gasteiger partial charge >= 0.3 is 0 Å². The maximum Gasteiger partial charge on any atom is 0.250 e. The minimum absolute atomic E-state index is 0.0212. The summed E-state index contributed by atoms with van der Waals surface area (Å²) in [5, 5.41) is 8.46. The number of nitrogens with one attached hydrogen (secondary N) is 1. The number of likely N-dealkylation sites (N-methyl/N-ethyl adjacent to an activating group) is 1. The number of sulfonamides is 1. The molecule has 1 aliphatic carbocycles. The molecule has 4 heterocycles. The first-order valence-electron chi connectivity index (χ1n) is 10.9. The van der Waals surface area contributed by atoms with Gasteiger partial charge in [0.2, 0.25) is 21.9 Å². The van der Waals surface area contributed by atoms with Gasteiger partial charge in [-0.2, -0.15) is 4.98 Å². The zero-order valence-electron chi connectivity index (χ0n) is 18.5. The van der Waals surface area contributed by atoms with Gasteiger partial charge in [-0.3, -0.25) is 15.1 Å². The number of thiazole rings is 1. The molecule has 178 valence electrons. The normalized spacial score (nSPS) is 18.9. The standard InChI is InChI=1S/C21H24N8O3S2/c1-28-16-11-24-20(27-21-25-12-17(33-21)34(22,31)32)26-18(16)29(14-7-2-3-8-14)15(19(28)30)10-13-6-4-5-9-23-13/h4-6,9,11-12,14-15H,2-3,7-8,10H2,1H3,(H2,22,31,32)(H,24,25,26,27)/t15-/m1/s1. The summed E-state index contributed by atoms with van der Waals surface area (Å²) < 4.78 is 23.1. The lowest BCUT2D eigenvalue weighted by molar-refractivity contribution is -0.120. The Balaban J connectivity index is 1.52. The fraction of sp³-hybridized carbons (Fsp3) is 0.381. The number of nitrogens with zero attached hydrogens (tertiary/aromatic N) is 6. The molecule has 5 rings (SSSR count). The monoisotopic (exact) mass is 500 g/mol. The van der Waals surface area contributed by atoms with Crippen LogP contribution in [-0.2, 0) is 21.2 Å². The maximum atomic E-state index is 13.4. The average Bonchev–Trinajstić information content (AvgIpc) is 3.50. The Kier molecular flexibility index (Phi) is 5.91. The van der Waals surface area contributed by atoms with Crippen LogP contribution in [-0.4, -0.2) is 53.4 Å². The molecule has 0 radical (unpaired) electrons. The summed E-state index contributed by atoms with van der Waals surface area (Å²) in [5.41, 5.74) is 1.47. The highest BCUT2D eigenvalue weighted by molar-refractivity contribution is 7.91. The van der Waals surface area contributed by atoms with Gasteiger partial charge in [0, 0.05) is 31.4 Å². The third-order valence-electron chi connectivity index (χ3n) is 6.14. The highest BCUT2D eigenvalue weighted by Crippen LogP contribution is 2.40. The van der Waals surface area contributed by atoms with Crippen molar-refractivity contribution in [2.75, 3.05) is 22.2 Å². The minimum atomic E-state index is -3.84. The number of carbonyl (C=O) groups is 1. The predicted molar refractivity (Wildman–Crippen MR) is 129 cm³/mol. The van der Waals surface area contributed by atoms with Gasteiger partial charge in [0.05, 0.1) is 12.4 Å². The number of primary sulfonamides is 1. The molecular formula is C21H24N8O3S2. The summed E-state index contributed by atoms with van der Waals surface area (Å²) >= 11 is 0.900. The molecule has 3 N–H and O–H groups in total. The van der Waals surface area contributed by atoms with Gasteiger partial charge in [-0.25, -0.2) is 23.5 Å². The number of hydrogen-bond acceptors (Lipinski definition) is 10. The van der Waals surface area contributed by atoms with Gasteiger partial charge in [-0.05, 0) is 25.0 Å². The summed E-state index contributed by atoms with van der Waals surface area (Å²) in [5.74, 6) is 0.902. The minimum Gasteiger partial charge on any atom is -0.339 e. The van der Waals surface area contributed by atoms with E-state index in [1.165, 1.54) is 6.20 Å². The molecule has 2 aliphatic rings. The summed E-state index contributed by atoms with van der Waals surface area (Å²) in [4.78, 5) is 34.8. The van der Waals surface area contributed by atoms with Crippen molar-refractivity contribution in [3.63, 3.8) is 0 Å². The third-order valence-corrected chi connectivity index (χ3v) is 8.46. The van der Waals surface area contributed by atoms with E-state index in [-0.39, 0.29) is 22.1 Å². The molecule has 13 heteroatoms. The molecule has 1 amide bonds. The van der Waals surface area contributed by atoms with Crippen LogP contribution in [0, 0.1) is 0 Å². The smallest absolute Gasteiger partial charge is 0.250 e. The third kappa shape index (κ3) is 4.33. The molecule has 1 atom stereocenters. The zero-order valence-corrected chi connectivity index (χ0v) is 20.1. The van der Waals surface area contributed by atoms with Crippen LogP contribution in [0.5, 0.6) is 0 Å². The second kappa shape index (κ2) is 8.89. The van der Waals surface area contributed by atoms with Crippen LogP contribution in [0.1, 0.15) is 31.4 Å². The van der Waals surface area contributed by atoms with Crippen molar-refractivity contribution in [2.24, 2.45) is 5.14 Å². The molecular weight excluding hydrogens is 476 g/mol. The lowest BCUT2D eigenvalue weighted by Crippen LogP contribution is -2.57. The molecule has 11 nitrogen and oxygen atoms in total. The SMILES string of the molecule is CN1C(=O)[C@@H](Cc2ccccn2)N(C2CCCC2)c2nc(Nc3ncc(S(N)(=O)=O)s3)ncc21. The van der Waals surface area contributed by atoms with E-state index in [0.29, 0.717) is 23.1 Å². The summed E-state index contributed by atoms with van der Waals surface area (Å²) in [6, 6.07) is 5.44. The molecule has 0 unspecified atom stereocenters. The molecule has 1 fully saturated rings. The van der Waals surface area contributed by atoms with Gasteiger partial charge in [0.25, 0.3) is 0 Å². The number of amides is 1. The van der Waals surface area contributed by atoms with E-state index in [1.54, 1.807) is 24.3 Å². The van der Waals surface area contributed by atoms with Gasteiger partial charge < -0.3 is 9.80 Å². The summed E-state index contributed by atoms with van der Waals surface area (Å²) in [6.07, 6.45) is 9.16. The van der Waals surface area contributed by atoms with E-state index in [4.69, 9.17) is 10.1 Å². The molecule has 0 spiro atoms. The van der Waals surface area contributed by atoms with E-state index in [2.05, 4.69) is 25.2 Å². The predicted octanol–water partition coefficient (Wildman–Crippen LogP) is 2.06. The van der Waals surface area contributed by atoms with E-state index >= 15 is 0 Å². The number of hydrogen-bond donors (Lipinski definition) is 2. The van der Waals surface area contributed by atoms with Crippen molar-refractivity contribution in [3.05, 3.63) is 42.5 Å². The number of nitrogens with two attached hydrogens (primary N) is 1. The first-order chi connectivity index (χ1) is 16.3. The molecule has 0 saturated heterocycles.